The highest BCUT2D eigenvalue weighted by Crippen LogP contribution is 2.34. The molecular formula is C22H32N3O4+. The molecule has 158 valence electrons. The van der Waals surface area contributed by atoms with Crippen LogP contribution in [0.5, 0.6) is 0 Å². The number of hydrogen-bond acceptors (Lipinski definition) is 4. The lowest BCUT2D eigenvalue weighted by Gasteiger charge is -2.31. The van der Waals surface area contributed by atoms with Crippen molar-refractivity contribution in [3.8, 4) is 0 Å². The predicted octanol–water partition coefficient (Wildman–Crippen LogP) is 1.30. The molecule has 0 saturated carbocycles. The van der Waals surface area contributed by atoms with Gasteiger partial charge in [-0.1, -0.05) is 44.2 Å². The van der Waals surface area contributed by atoms with Crippen molar-refractivity contribution in [2.24, 2.45) is 11.8 Å². The van der Waals surface area contributed by atoms with E-state index in [2.05, 4.69) is 19.2 Å². The summed E-state index contributed by atoms with van der Waals surface area (Å²) in [6.45, 7) is 8.12. The molecule has 3 rings (SSSR count). The highest BCUT2D eigenvalue weighted by Gasteiger charge is 2.53. The first-order valence-electron chi connectivity index (χ1n) is 10.6. The molecular weight excluding hydrogens is 370 g/mol. The van der Waals surface area contributed by atoms with Crippen molar-refractivity contribution in [1.29, 1.82) is 0 Å². The van der Waals surface area contributed by atoms with Crippen LogP contribution < -0.4 is 10.2 Å². The molecule has 1 atom stereocenters. The lowest BCUT2D eigenvalue weighted by molar-refractivity contribution is -0.913. The molecule has 2 aliphatic heterocycles. The van der Waals surface area contributed by atoms with Crippen LogP contribution >= 0.6 is 0 Å². The number of hydrogen-bond donors (Lipinski definition) is 2. The Morgan fingerprint density at radius 1 is 1.24 bits per heavy atom. The third-order valence-electron chi connectivity index (χ3n) is 5.85. The first-order valence-corrected chi connectivity index (χ1v) is 10.6. The van der Waals surface area contributed by atoms with Crippen molar-refractivity contribution in [2.75, 3.05) is 26.4 Å². The molecule has 0 unspecified atom stereocenters. The van der Waals surface area contributed by atoms with Gasteiger partial charge in [0, 0.05) is 12.8 Å². The monoisotopic (exact) mass is 402 g/mol. The maximum absolute atomic E-state index is 13.5. The van der Waals surface area contributed by atoms with E-state index in [4.69, 9.17) is 4.74 Å². The zero-order chi connectivity index (χ0) is 21.0. The number of piperidine rings is 1. The van der Waals surface area contributed by atoms with Crippen LogP contribution in [0.1, 0.15) is 45.6 Å². The Morgan fingerprint density at radius 3 is 2.48 bits per heavy atom. The smallest absolute Gasteiger partial charge is 0.329 e. The van der Waals surface area contributed by atoms with Gasteiger partial charge >= 0.3 is 12.0 Å². The van der Waals surface area contributed by atoms with Crippen molar-refractivity contribution in [1.82, 2.24) is 10.2 Å². The zero-order valence-electron chi connectivity index (χ0n) is 17.6. The van der Waals surface area contributed by atoms with E-state index in [1.165, 1.54) is 4.90 Å². The Kier molecular flexibility index (Phi) is 6.57. The Morgan fingerprint density at radius 2 is 1.90 bits per heavy atom. The maximum atomic E-state index is 13.5. The number of quaternary nitrogens is 1. The molecule has 2 saturated heterocycles. The van der Waals surface area contributed by atoms with Gasteiger partial charge in [-0.05, 0) is 24.8 Å². The summed E-state index contributed by atoms with van der Waals surface area (Å²) in [4.78, 5) is 40.7. The third kappa shape index (κ3) is 4.45. The standard InChI is InChI=1S/C22H31N3O4/c1-4-29-19(26)17-10-12-24(13-11-17)15-25-20(27)22(14-16(2)3,23-21(25)28)18-8-6-5-7-9-18/h5-9,16-17H,4,10-15H2,1-3H3,(H,23,28)/p+1/t22-/m0/s1. The molecule has 0 spiro atoms. The molecule has 0 aromatic heterocycles. The minimum atomic E-state index is -1.00. The SMILES string of the molecule is CCOC(=O)C1CC[NH+](CN2C(=O)N[C@@](CC(C)C)(c3ccccc3)C2=O)CC1. The number of amides is 3. The van der Waals surface area contributed by atoms with E-state index in [0.29, 0.717) is 32.5 Å². The van der Waals surface area contributed by atoms with Crippen molar-refractivity contribution in [2.45, 2.75) is 45.6 Å². The highest BCUT2D eigenvalue weighted by molar-refractivity contribution is 6.07. The van der Waals surface area contributed by atoms with Crippen LogP contribution in [0.4, 0.5) is 4.79 Å². The van der Waals surface area contributed by atoms with Gasteiger partial charge in [0.2, 0.25) is 0 Å². The van der Waals surface area contributed by atoms with E-state index in [-0.39, 0.29) is 29.7 Å². The number of nitrogens with zero attached hydrogens (tertiary/aromatic N) is 1. The van der Waals surface area contributed by atoms with Crippen molar-refractivity contribution < 1.29 is 24.0 Å². The number of imide groups is 1. The molecule has 3 amide bonds. The van der Waals surface area contributed by atoms with Gasteiger partial charge in [0.15, 0.2) is 6.67 Å². The Balaban J connectivity index is 1.71. The van der Waals surface area contributed by atoms with Gasteiger partial charge in [0.1, 0.15) is 5.54 Å². The second-order valence-electron chi connectivity index (χ2n) is 8.47. The Hall–Kier alpha value is -2.41. The van der Waals surface area contributed by atoms with Gasteiger partial charge < -0.3 is 15.0 Å². The molecule has 1 aromatic carbocycles. The molecule has 0 aliphatic carbocycles. The fourth-order valence-electron chi connectivity index (χ4n) is 4.46. The average Bonchev–Trinajstić information content (AvgIpc) is 2.94. The van der Waals surface area contributed by atoms with Crippen molar-refractivity contribution in [3.05, 3.63) is 35.9 Å². The lowest BCUT2D eigenvalue weighted by atomic mass is 9.82. The first kappa shape index (κ1) is 21.3. The summed E-state index contributed by atoms with van der Waals surface area (Å²) in [5, 5.41) is 3.00. The fraction of sp³-hybridized carbons (Fsp3) is 0.591. The van der Waals surface area contributed by atoms with Crippen molar-refractivity contribution in [3.63, 3.8) is 0 Å². The minimum Gasteiger partial charge on any atom is -0.466 e. The molecule has 2 N–H and O–H groups in total. The second-order valence-corrected chi connectivity index (χ2v) is 8.47. The van der Waals surface area contributed by atoms with Gasteiger partial charge in [-0.3, -0.25) is 9.59 Å². The largest absolute Gasteiger partial charge is 0.466 e. The van der Waals surface area contributed by atoms with E-state index in [1.54, 1.807) is 0 Å². The van der Waals surface area contributed by atoms with Gasteiger partial charge in [-0.2, -0.15) is 0 Å². The van der Waals surface area contributed by atoms with Crippen molar-refractivity contribution >= 4 is 17.9 Å². The normalized spacial score (nSPS) is 27.2. The molecule has 2 aliphatic rings. The Bertz CT molecular complexity index is 744. The quantitative estimate of drug-likeness (QED) is 0.532. The van der Waals surface area contributed by atoms with Crippen LogP contribution in [0, 0.1) is 11.8 Å². The third-order valence-corrected chi connectivity index (χ3v) is 5.85. The number of likely N-dealkylation sites (tertiary alicyclic amines) is 1. The summed E-state index contributed by atoms with van der Waals surface area (Å²) in [6.07, 6.45) is 1.99. The summed E-state index contributed by atoms with van der Waals surface area (Å²) in [7, 11) is 0. The molecule has 7 heteroatoms. The van der Waals surface area contributed by atoms with Crippen LogP contribution in [0.15, 0.2) is 30.3 Å². The van der Waals surface area contributed by atoms with E-state index >= 15 is 0 Å². The first-order chi connectivity index (χ1) is 13.9. The summed E-state index contributed by atoms with van der Waals surface area (Å²) < 4.78 is 5.12. The van der Waals surface area contributed by atoms with Gasteiger partial charge in [-0.25, -0.2) is 9.69 Å². The molecule has 1 aromatic rings. The summed E-state index contributed by atoms with van der Waals surface area (Å²) in [5.41, 5.74) is -0.180. The van der Waals surface area contributed by atoms with E-state index in [0.717, 1.165) is 23.6 Å². The summed E-state index contributed by atoms with van der Waals surface area (Å²) >= 11 is 0. The van der Waals surface area contributed by atoms with Crippen LogP contribution in [-0.4, -0.2) is 49.2 Å². The Labute approximate surface area is 172 Å². The topological polar surface area (TPSA) is 80.2 Å². The van der Waals surface area contributed by atoms with E-state index < -0.39 is 5.54 Å². The van der Waals surface area contributed by atoms with Gasteiger partial charge in [0.05, 0.1) is 25.6 Å². The van der Waals surface area contributed by atoms with Crippen LogP contribution in [0.2, 0.25) is 0 Å². The number of ether oxygens (including phenoxy) is 1. The molecule has 2 fully saturated rings. The summed E-state index contributed by atoms with van der Waals surface area (Å²) in [5.74, 6) is -0.151. The fourth-order valence-corrected chi connectivity index (χ4v) is 4.46. The number of esters is 1. The van der Waals surface area contributed by atoms with Gasteiger partial charge in [0.25, 0.3) is 5.91 Å². The highest BCUT2D eigenvalue weighted by atomic mass is 16.5. The molecule has 29 heavy (non-hydrogen) atoms. The van der Waals surface area contributed by atoms with E-state index in [9.17, 15) is 14.4 Å². The van der Waals surface area contributed by atoms with Crippen LogP contribution in [-0.2, 0) is 19.9 Å². The molecule has 2 heterocycles. The number of carbonyl (C=O) groups is 3. The number of carbonyl (C=O) groups excluding carboxylic acids is 3. The minimum absolute atomic E-state index is 0.0776. The molecule has 0 bridgehead atoms. The second kappa shape index (κ2) is 8.95. The zero-order valence-corrected chi connectivity index (χ0v) is 17.6. The molecule has 7 nitrogen and oxygen atoms in total. The number of benzene rings is 1. The number of nitrogens with one attached hydrogen (secondary N) is 2. The maximum Gasteiger partial charge on any atom is 0.329 e. The van der Waals surface area contributed by atoms with Crippen LogP contribution in [0.25, 0.3) is 0 Å². The summed E-state index contributed by atoms with van der Waals surface area (Å²) in [6, 6.07) is 9.17. The van der Waals surface area contributed by atoms with E-state index in [1.807, 2.05) is 37.3 Å². The number of urea groups is 1. The van der Waals surface area contributed by atoms with Gasteiger partial charge in [-0.15, -0.1) is 0 Å². The predicted molar refractivity (Wildman–Crippen MR) is 108 cm³/mol. The average molecular weight is 403 g/mol. The lowest BCUT2D eigenvalue weighted by Crippen LogP contribution is -3.14. The van der Waals surface area contributed by atoms with Crippen LogP contribution in [0.3, 0.4) is 0 Å². The molecule has 0 radical (unpaired) electrons. The number of rotatable bonds is 7.